The van der Waals surface area contributed by atoms with Crippen LogP contribution in [-0.4, -0.2) is 80.3 Å². The summed E-state index contributed by atoms with van der Waals surface area (Å²) in [5, 5.41) is 22.5. The van der Waals surface area contributed by atoms with Crippen molar-refractivity contribution in [3.8, 4) is 11.4 Å². The number of anilines is 1. The third-order valence-electron chi connectivity index (χ3n) is 5.34. The van der Waals surface area contributed by atoms with Gasteiger partial charge in [0.1, 0.15) is 11.8 Å². The Morgan fingerprint density at radius 2 is 1.72 bits per heavy atom. The van der Waals surface area contributed by atoms with Crippen molar-refractivity contribution in [1.82, 2.24) is 24.8 Å². The quantitative estimate of drug-likeness (QED) is 0.511. The molecule has 1 aliphatic rings. The maximum atomic E-state index is 12.9. The first-order valence-electron chi connectivity index (χ1n) is 10.3. The lowest BCUT2D eigenvalue weighted by Crippen LogP contribution is -2.56. The topological polar surface area (TPSA) is 124 Å². The van der Waals surface area contributed by atoms with Gasteiger partial charge in [-0.25, -0.2) is 9.97 Å². The van der Waals surface area contributed by atoms with Crippen LogP contribution in [0.3, 0.4) is 0 Å². The van der Waals surface area contributed by atoms with Crippen LogP contribution in [0.15, 0.2) is 61.2 Å². The molecule has 3 aromatic rings. The number of aromatic hydroxyl groups is 1. The van der Waals surface area contributed by atoms with Crippen LogP contribution in [0.1, 0.15) is 10.4 Å². The number of aliphatic hydroxyl groups excluding tert-OH is 1. The van der Waals surface area contributed by atoms with Crippen LogP contribution in [-0.2, 0) is 4.79 Å². The van der Waals surface area contributed by atoms with Gasteiger partial charge in [-0.2, -0.15) is 0 Å². The van der Waals surface area contributed by atoms with Crippen LogP contribution in [0.5, 0.6) is 5.75 Å². The van der Waals surface area contributed by atoms with E-state index in [1.54, 1.807) is 34.0 Å². The van der Waals surface area contributed by atoms with Gasteiger partial charge >= 0.3 is 0 Å². The van der Waals surface area contributed by atoms with Crippen molar-refractivity contribution < 1.29 is 19.8 Å². The zero-order valence-electron chi connectivity index (χ0n) is 17.3. The summed E-state index contributed by atoms with van der Waals surface area (Å²) in [6.45, 7) is 1.36. The second kappa shape index (κ2) is 9.48. The SMILES string of the molecule is O=C(NC(CO)C(=O)N1CCN(c2ncccn2)CC1)c1cc(-n2cccc2)ccc1O. The molecule has 1 unspecified atom stereocenters. The fourth-order valence-corrected chi connectivity index (χ4v) is 3.60. The van der Waals surface area contributed by atoms with Crippen molar-refractivity contribution in [3.05, 3.63) is 66.7 Å². The van der Waals surface area contributed by atoms with Gasteiger partial charge in [0.05, 0.1) is 12.2 Å². The number of amides is 2. The molecule has 3 N–H and O–H groups in total. The highest BCUT2D eigenvalue weighted by molar-refractivity contribution is 6.00. The van der Waals surface area contributed by atoms with Crippen molar-refractivity contribution >= 4 is 17.8 Å². The molecule has 32 heavy (non-hydrogen) atoms. The summed E-state index contributed by atoms with van der Waals surface area (Å²) < 4.78 is 1.79. The van der Waals surface area contributed by atoms with Gasteiger partial charge < -0.3 is 29.9 Å². The molecule has 0 aliphatic carbocycles. The molecule has 1 aliphatic heterocycles. The minimum Gasteiger partial charge on any atom is -0.507 e. The molecule has 1 fully saturated rings. The molecule has 4 rings (SSSR count). The summed E-state index contributed by atoms with van der Waals surface area (Å²) in [6.07, 6.45) is 6.96. The van der Waals surface area contributed by atoms with Crippen molar-refractivity contribution in [2.75, 3.05) is 37.7 Å². The summed E-state index contributed by atoms with van der Waals surface area (Å²) in [7, 11) is 0. The van der Waals surface area contributed by atoms with Crippen LogP contribution >= 0.6 is 0 Å². The first-order valence-corrected chi connectivity index (χ1v) is 10.3. The van der Waals surface area contributed by atoms with Crippen LogP contribution in [0.4, 0.5) is 5.95 Å². The van der Waals surface area contributed by atoms with Crippen LogP contribution < -0.4 is 10.2 Å². The zero-order valence-corrected chi connectivity index (χ0v) is 17.3. The Hall–Kier alpha value is -3.92. The predicted molar refractivity (Wildman–Crippen MR) is 117 cm³/mol. The van der Waals surface area contributed by atoms with Gasteiger partial charge in [-0.05, 0) is 36.4 Å². The number of phenolic OH excluding ortho intramolecular Hbond substituents is 1. The lowest BCUT2D eigenvalue weighted by atomic mass is 10.1. The van der Waals surface area contributed by atoms with Crippen molar-refractivity contribution in [1.29, 1.82) is 0 Å². The Balaban J connectivity index is 1.41. The van der Waals surface area contributed by atoms with E-state index < -0.39 is 18.6 Å². The number of phenols is 1. The van der Waals surface area contributed by atoms with E-state index in [1.165, 1.54) is 12.1 Å². The first-order chi connectivity index (χ1) is 15.6. The highest BCUT2D eigenvalue weighted by atomic mass is 16.3. The number of nitrogens with zero attached hydrogens (tertiary/aromatic N) is 5. The Kier molecular flexibility index (Phi) is 6.31. The maximum absolute atomic E-state index is 12.9. The maximum Gasteiger partial charge on any atom is 0.255 e. The monoisotopic (exact) mass is 436 g/mol. The lowest BCUT2D eigenvalue weighted by molar-refractivity contribution is -0.134. The smallest absolute Gasteiger partial charge is 0.255 e. The molecule has 10 nitrogen and oxygen atoms in total. The highest BCUT2D eigenvalue weighted by Crippen LogP contribution is 2.21. The Morgan fingerprint density at radius 3 is 2.38 bits per heavy atom. The molecule has 3 heterocycles. The number of nitrogens with one attached hydrogen (secondary N) is 1. The Labute approximate surface area is 184 Å². The molecule has 1 saturated heterocycles. The van der Waals surface area contributed by atoms with Gasteiger partial charge in [0.25, 0.3) is 5.91 Å². The van der Waals surface area contributed by atoms with E-state index in [0.717, 1.165) is 0 Å². The van der Waals surface area contributed by atoms with E-state index in [4.69, 9.17) is 0 Å². The number of hydrogen-bond donors (Lipinski definition) is 3. The van der Waals surface area contributed by atoms with E-state index in [1.807, 2.05) is 29.4 Å². The molecule has 2 aromatic heterocycles. The summed E-state index contributed by atoms with van der Waals surface area (Å²) in [4.78, 5) is 37.7. The highest BCUT2D eigenvalue weighted by Gasteiger charge is 2.29. The average molecular weight is 436 g/mol. The number of rotatable bonds is 6. The number of aliphatic hydroxyl groups is 1. The van der Waals surface area contributed by atoms with E-state index in [-0.39, 0.29) is 17.2 Å². The molecule has 10 heteroatoms. The third kappa shape index (κ3) is 4.54. The minimum atomic E-state index is -1.11. The molecule has 0 saturated carbocycles. The number of benzene rings is 1. The molecule has 0 radical (unpaired) electrons. The average Bonchev–Trinajstić information content (AvgIpc) is 3.38. The van der Waals surface area contributed by atoms with Crippen LogP contribution in [0, 0.1) is 0 Å². The van der Waals surface area contributed by atoms with Gasteiger partial charge in [-0.15, -0.1) is 0 Å². The van der Waals surface area contributed by atoms with Gasteiger partial charge in [-0.1, -0.05) is 0 Å². The number of piperazine rings is 1. The fourth-order valence-electron chi connectivity index (χ4n) is 3.60. The summed E-state index contributed by atoms with van der Waals surface area (Å²) in [5.41, 5.74) is 0.706. The van der Waals surface area contributed by atoms with E-state index in [0.29, 0.717) is 37.8 Å². The molecule has 0 spiro atoms. The molecular formula is C22H24N6O4. The number of hydrogen-bond acceptors (Lipinski definition) is 7. The van der Waals surface area contributed by atoms with Crippen LogP contribution in [0.25, 0.3) is 5.69 Å². The van der Waals surface area contributed by atoms with Crippen molar-refractivity contribution in [3.63, 3.8) is 0 Å². The van der Waals surface area contributed by atoms with E-state index >= 15 is 0 Å². The predicted octanol–water partition coefficient (Wildman–Crippen LogP) is 0.412. The molecular weight excluding hydrogens is 412 g/mol. The standard InChI is InChI=1S/C22H24N6O4/c29-15-18(21(32)27-10-12-28(13-11-27)22-23-6-3-7-24-22)25-20(31)17-14-16(4-5-19(17)30)26-8-1-2-9-26/h1-9,14,18,29-30H,10-13,15H2,(H,25,31). The fraction of sp³-hybridized carbons (Fsp3) is 0.273. The third-order valence-corrected chi connectivity index (χ3v) is 5.34. The zero-order chi connectivity index (χ0) is 22.5. The summed E-state index contributed by atoms with van der Waals surface area (Å²) in [5.74, 6) is -0.626. The van der Waals surface area contributed by atoms with Gasteiger partial charge in [-0.3, -0.25) is 9.59 Å². The Bertz CT molecular complexity index is 1070. The number of aromatic nitrogens is 3. The molecule has 1 aromatic carbocycles. The minimum absolute atomic E-state index is 0.0218. The van der Waals surface area contributed by atoms with E-state index in [2.05, 4.69) is 15.3 Å². The van der Waals surface area contributed by atoms with Gasteiger partial charge in [0, 0.05) is 56.7 Å². The molecule has 166 valence electrons. The Morgan fingerprint density at radius 1 is 1.03 bits per heavy atom. The van der Waals surface area contributed by atoms with Crippen molar-refractivity contribution in [2.45, 2.75) is 6.04 Å². The second-order valence-electron chi connectivity index (χ2n) is 7.36. The normalized spacial score (nSPS) is 14.8. The summed E-state index contributed by atoms with van der Waals surface area (Å²) in [6, 6.07) is 8.94. The van der Waals surface area contributed by atoms with Gasteiger partial charge in [0.2, 0.25) is 11.9 Å². The van der Waals surface area contributed by atoms with Gasteiger partial charge in [0.15, 0.2) is 0 Å². The second-order valence-corrected chi connectivity index (χ2v) is 7.36. The van der Waals surface area contributed by atoms with E-state index in [9.17, 15) is 19.8 Å². The van der Waals surface area contributed by atoms with Crippen molar-refractivity contribution in [2.24, 2.45) is 0 Å². The number of carbonyl (C=O) groups is 2. The first kappa shape index (κ1) is 21.3. The number of carbonyl (C=O) groups excluding carboxylic acids is 2. The molecule has 1 atom stereocenters. The summed E-state index contributed by atoms with van der Waals surface area (Å²) >= 11 is 0. The lowest BCUT2D eigenvalue weighted by Gasteiger charge is -2.36. The molecule has 0 bridgehead atoms. The van der Waals surface area contributed by atoms with Crippen LogP contribution in [0.2, 0.25) is 0 Å². The molecule has 2 amide bonds. The largest absolute Gasteiger partial charge is 0.507 e.